The second-order valence-electron chi connectivity index (χ2n) is 8.33. The van der Waals surface area contributed by atoms with Gasteiger partial charge < -0.3 is 20.7 Å². The molecule has 1 fully saturated rings. The van der Waals surface area contributed by atoms with Gasteiger partial charge in [0.15, 0.2) is 5.65 Å². The first-order valence-corrected chi connectivity index (χ1v) is 11.9. The zero-order chi connectivity index (χ0) is 24.1. The lowest BCUT2D eigenvalue weighted by atomic mass is 10.0. The lowest BCUT2D eigenvalue weighted by Gasteiger charge is -2.26. The summed E-state index contributed by atoms with van der Waals surface area (Å²) in [5.41, 5.74) is 4.77. The third-order valence-electron chi connectivity index (χ3n) is 6.24. The summed E-state index contributed by atoms with van der Waals surface area (Å²) in [5.74, 6) is -0.387. The van der Waals surface area contributed by atoms with E-state index in [2.05, 4.69) is 34.9 Å². The Morgan fingerprint density at radius 1 is 1.09 bits per heavy atom. The van der Waals surface area contributed by atoms with E-state index in [-0.39, 0.29) is 11.8 Å². The Kier molecular flexibility index (Phi) is 7.42. The maximum Gasteiger partial charge on any atom is 0.251 e. The average Bonchev–Trinajstić information content (AvgIpc) is 3.30. The summed E-state index contributed by atoms with van der Waals surface area (Å²) in [7, 11) is 1.58. The van der Waals surface area contributed by atoms with Crippen molar-refractivity contribution in [3.8, 4) is 0 Å². The summed E-state index contributed by atoms with van der Waals surface area (Å²) in [6.07, 6.45) is 4.45. The van der Waals surface area contributed by atoms with Crippen molar-refractivity contribution in [3.05, 3.63) is 52.8 Å². The molecule has 0 saturated carbocycles. The van der Waals surface area contributed by atoms with E-state index in [1.807, 2.05) is 10.9 Å². The van der Waals surface area contributed by atoms with Crippen LogP contribution in [0.5, 0.6) is 0 Å². The minimum absolute atomic E-state index is 0.185. The first-order chi connectivity index (χ1) is 16.5. The van der Waals surface area contributed by atoms with Crippen LogP contribution in [0.2, 0.25) is 0 Å². The van der Waals surface area contributed by atoms with Gasteiger partial charge in [0.2, 0.25) is 0 Å². The highest BCUT2D eigenvalue weighted by Crippen LogP contribution is 2.31. The third kappa shape index (κ3) is 4.89. The number of nitrogens with zero attached hydrogens (tertiary/aromatic N) is 3. The van der Waals surface area contributed by atoms with Crippen LogP contribution in [0.25, 0.3) is 11.0 Å². The Morgan fingerprint density at radius 2 is 1.76 bits per heavy atom. The van der Waals surface area contributed by atoms with Crippen LogP contribution < -0.4 is 16.0 Å². The largest absolute Gasteiger partial charge is 0.381 e. The number of benzene rings is 1. The molecule has 0 spiro atoms. The molecular formula is C25H32N6O3. The van der Waals surface area contributed by atoms with Crippen LogP contribution in [0.4, 0.5) is 5.69 Å². The average molecular weight is 465 g/mol. The Bertz CT molecular complexity index is 1170. The summed E-state index contributed by atoms with van der Waals surface area (Å²) < 4.78 is 7.43. The fraction of sp³-hybridized carbons (Fsp3) is 0.440. The molecule has 1 aromatic carbocycles. The maximum atomic E-state index is 12.9. The van der Waals surface area contributed by atoms with Gasteiger partial charge in [0.05, 0.1) is 17.3 Å². The SMILES string of the molecule is CCc1nc2c(cnn2CC)c(NC2CCOCC2)c1CNC(=O)c1ccc(C(=O)NC)cc1. The van der Waals surface area contributed by atoms with Gasteiger partial charge in [-0.25, -0.2) is 9.67 Å². The van der Waals surface area contributed by atoms with Gasteiger partial charge >= 0.3 is 0 Å². The Hall–Kier alpha value is -3.46. The maximum absolute atomic E-state index is 12.9. The fourth-order valence-corrected chi connectivity index (χ4v) is 4.29. The molecule has 3 N–H and O–H groups in total. The van der Waals surface area contributed by atoms with Gasteiger partial charge in [-0.3, -0.25) is 9.59 Å². The van der Waals surface area contributed by atoms with Gasteiger partial charge in [0, 0.05) is 61.8 Å². The molecule has 1 saturated heterocycles. The molecule has 180 valence electrons. The van der Waals surface area contributed by atoms with Crippen LogP contribution in [0.15, 0.2) is 30.5 Å². The van der Waals surface area contributed by atoms with Crippen molar-refractivity contribution in [2.75, 3.05) is 25.6 Å². The monoisotopic (exact) mass is 464 g/mol. The van der Waals surface area contributed by atoms with Crippen LogP contribution in [0.1, 0.15) is 58.7 Å². The standard InChI is InChI=1S/C25H32N6O3/c1-4-21-19(14-27-25(33)17-8-6-16(7-9-17)24(32)26-3)22(29-18-10-12-34-13-11-18)20-15-28-31(5-2)23(20)30-21/h6-9,15,18H,4-5,10-14H2,1-3H3,(H,26,32)(H,27,33)(H,29,30). The lowest BCUT2D eigenvalue weighted by molar-refractivity contribution is 0.0904. The van der Waals surface area contributed by atoms with Crippen molar-refractivity contribution in [3.63, 3.8) is 0 Å². The normalized spacial score (nSPS) is 14.2. The molecule has 34 heavy (non-hydrogen) atoms. The Morgan fingerprint density at radius 3 is 2.38 bits per heavy atom. The number of pyridine rings is 1. The Balaban J connectivity index is 1.63. The number of nitrogens with one attached hydrogen (secondary N) is 3. The van der Waals surface area contributed by atoms with Crippen LogP contribution in [0.3, 0.4) is 0 Å². The summed E-state index contributed by atoms with van der Waals surface area (Å²) >= 11 is 0. The molecule has 3 aromatic rings. The highest BCUT2D eigenvalue weighted by Gasteiger charge is 2.22. The number of aryl methyl sites for hydroxylation is 2. The molecule has 2 amide bonds. The van der Waals surface area contributed by atoms with Crippen molar-refractivity contribution in [2.24, 2.45) is 0 Å². The lowest BCUT2D eigenvalue weighted by Crippen LogP contribution is -2.30. The fourth-order valence-electron chi connectivity index (χ4n) is 4.29. The molecule has 9 nitrogen and oxygen atoms in total. The molecule has 2 aromatic heterocycles. The number of carbonyl (C=O) groups excluding carboxylic acids is 2. The summed E-state index contributed by atoms with van der Waals surface area (Å²) in [5, 5.41) is 14.8. The van der Waals surface area contributed by atoms with E-state index in [1.165, 1.54) is 0 Å². The van der Waals surface area contributed by atoms with Gasteiger partial charge in [-0.05, 0) is 50.5 Å². The van der Waals surface area contributed by atoms with Crippen LogP contribution in [-0.2, 0) is 24.2 Å². The Labute approximate surface area is 199 Å². The first-order valence-electron chi connectivity index (χ1n) is 11.9. The van der Waals surface area contributed by atoms with Crippen molar-refractivity contribution in [1.29, 1.82) is 0 Å². The van der Waals surface area contributed by atoms with Gasteiger partial charge in [0.1, 0.15) is 0 Å². The number of hydrogen-bond acceptors (Lipinski definition) is 6. The van der Waals surface area contributed by atoms with Crippen molar-refractivity contribution >= 4 is 28.5 Å². The van der Waals surface area contributed by atoms with E-state index in [0.29, 0.717) is 23.7 Å². The van der Waals surface area contributed by atoms with Crippen molar-refractivity contribution < 1.29 is 14.3 Å². The third-order valence-corrected chi connectivity index (χ3v) is 6.24. The smallest absolute Gasteiger partial charge is 0.251 e. The number of amides is 2. The van der Waals surface area contributed by atoms with Gasteiger partial charge in [-0.15, -0.1) is 0 Å². The first kappa shape index (κ1) is 23.7. The topological polar surface area (TPSA) is 110 Å². The second kappa shape index (κ2) is 10.6. The molecule has 0 aliphatic carbocycles. The van der Waals surface area contributed by atoms with Gasteiger partial charge in [-0.2, -0.15) is 5.10 Å². The highest BCUT2D eigenvalue weighted by molar-refractivity contribution is 5.98. The number of aromatic nitrogens is 3. The number of anilines is 1. The highest BCUT2D eigenvalue weighted by atomic mass is 16.5. The molecule has 1 aliphatic rings. The molecule has 0 unspecified atom stereocenters. The molecular weight excluding hydrogens is 432 g/mol. The zero-order valence-electron chi connectivity index (χ0n) is 20.0. The van der Waals surface area contributed by atoms with E-state index >= 15 is 0 Å². The van der Waals surface area contributed by atoms with Crippen molar-refractivity contribution in [2.45, 2.75) is 52.2 Å². The minimum atomic E-state index is -0.202. The number of hydrogen-bond donors (Lipinski definition) is 3. The molecule has 4 rings (SSSR count). The molecule has 0 atom stereocenters. The quantitative estimate of drug-likeness (QED) is 0.473. The predicted molar refractivity (Wildman–Crippen MR) is 131 cm³/mol. The number of fused-ring (bicyclic) bond motifs is 1. The van der Waals surface area contributed by atoms with Gasteiger partial charge in [0.25, 0.3) is 11.8 Å². The van der Waals surface area contributed by atoms with E-state index < -0.39 is 0 Å². The molecule has 1 aliphatic heterocycles. The molecule has 0 radical (unpaired) electrons. The van der Waals surface area contributed by atoms with E-state index in [9.17, 15) is 9.59 Å². The minimum Gasteiger partial charge on any atom is -0.381 e. The van der Waals surface area contributed by atoms with Crippen LogP contribution >= 0.6 is 0 Å². The van der Waals surface area contributed by atoms with E-state index in [4.69, 9.17) is 9.72 Å². The van der Waals surface area contributed by atoms with Crippen molar-refractivity contribution in [1.82, 2.24) is 25.4 Å². The van der Waals surface area contributed by atoms with E-state index in [0.717, 1.165) is 67.0 Å². The molecule has 9 heteroatoms. The summed E-state index contributed by atoms with van der Waals surface area (Å²) in [6.45, 7) is 6.66. The van der Waals surface area contributed by atoms with E-state index in [1.54, 1.807) is 31.3 Å². The number of carbonyl (C=O) groups is 2. The zero-order valence-corrected chi connectivity index (χ0v) is 20.0. The summed E-state index contributed by atoms with van der Waals surface area (Å²) in [6, 6.07) is 6.91. The number of ether oxygens (including phenoxy) is 1. The summed E-state index contributed by atoms with van der Waals surface area (Å²) in [4.78, 5) is 29.6. The number of rotatable bonds is 8. The molecule has 0 bridgehead atoms. The predicted octanol–water partition coefficient (Wildman–Crippen LogP) is 2.89. The second-order valence-corrected chi connectivity index (χ2v) is 8.33. The van der Waals surface area contributed by atoms with Crippen LogP contribution in [-0.4, -0.2) is 52.9 Å². The van der Waals surface area contributed by atoms with Gasteiger partial charge in [-0.1, -0.05) is 6.92 Å². The van der Waals surface area contributed by atoms with Crippen LogP contribution in [0, 0.1) is 0 Å². The molecule has 3 heterocycles.